The molecule has 0 aliphatic carbocycles. The van der Waals surface area contributed by atoms with Crippen molar-refractivity contribution in [1.82, 2.24) is 0 Å². The number of quaternary nitrogens is 1. The van der Waals surface area contributed by atoms with Gasteiger partial charge in [-0.15, -0.1) is 0 Å². The number of fused-ring (bicyclic) bond motifs is 1. The van der Waals surface area contributed by atoms with Crippen molar-refractivity contribution < 1.29 is 20.4 Å². The summed E-state index contributed by atoms with van der Waals surface area (Å²) in [5.41, 5.74) is 4.82. The third-order valence-electron chi connectivity index (χ3n) is 3.07. The van der Waals surface area contributed by atoms with E-state index in [2.05, 4.69) is 5.73 Å². The van der Waals surface area contributed by atoms with Crippen molar-refractivity contribution >= 4 is 16.7 Å². The van der Waals surface area contributed by atoms with Gasteiger partial charge in [0, 0.05) is 23.3 Å². The number of carboxylic acid groups (broad SMARTS) is 1. The molecule has 0 bridgehead atoms. The average molecular weight is 259 g/mol. The lowest BCUT2D eigenvalue weighted by atomic mass is 9.97. The van der Waals surface area contributed by atoms with E-state index in [0.717, 1.165) is 22.1 Å². The maximum Gasteiger partial charge on any atom is 0.127 e. The molecule has 0 heterocycles. The Balaban J connectivity index is 2.51. The zero-order valence-corrected chi connectivity index (χ0v) is 10.9. The lowest BCUT2D eigenvalue weighted by molar-refractivity contribution is -0.430. The van der Waals surface area contributed by atoms with Crippen LogP contribution >= 0.6 is 0 Å². The molecule has 0 aromatic heterocycles. The zero-order valence-electron chi connectivity index (χ0n) is 10.9. The number of hydrogen-bond acceptors (Lipinski definition) is 3. The number of ether oxygens (including phenoxy) is 1. The highest BCUT2D eigenvalue weighted by Gasteiger charge is 2.15. The number of rotatable bonds is 5. The van der Waals surface area contributed by atoms with Crippen LogP contribution in [0.2, 0.25) is 0 Å². The summed E-state index contributed by atoms with van der Waals surface area (Å²) in [4.78, 5) is 10.7. The predicted molar refractivity (Wildman–Crippen MR) is 70.4 cm³/mol. The molecule has 2 aromatic rings. The number of carboxylic acids is 1. The van der Waals surface area contributed by atoms with Crippen LogP contribution in [0.25, 0.3) is 10.8 Å². The molecule has 4 heteroatoms. The van der Waals surface area contributed by atoms with E-state index in [1.54, 1.807) is 0 Å². The van der Waals surface area contributed by atoms with Gasteiger partial charge in [0.05, 0.1) is 6.61 Å². The summed E-state index contributed by atoms with van der Waals surface area (Å²) in [5, 5.41) is 12.7. The van der Waals surface area contributed by atoms with Crippen molar-refractivity contribution in [2.75, 3.05) is 6.61 Å². The Labute approximate surface area is 111 Å². The Morgan fingerprint density at radius 3 is 2.58 bits per heavy atom. The summed E-state index contributed by atoms with van der Waals surface area (Å²) in [6.07, 6.45) is -0.0853. The highest BCUT2D eigenvalue weighted by molar-refractivity contribution is 5.91. The Morgan fingerprint density at radius 1 is 1.26 bits per heavy atom. The van der Waals surface area contributed by atoms with Crippen LogP contribution in [-0.4, -0.2) is 12.6 Å². The molecule has 0 fully saturated rings. The third-order valence-corrected chi connectivity index (χ3v) is 3.07. The molecule has 1 atom stereocenters. The fourth-order valence-corrected chi connectivity index (χ4v) is 2.24. The van der Waals surface area contributed by atoms with Crippen LogP contribution in [0, 0.1) is 0 Å². The van der Waals surface area contributed by atoms with Gasteiger partial charge in [0.1, 0.15) is 11.8 Å². The first-order chi connectivity index (χ1) is 9.13. The average Bonchev–Trinajstić information content (AvgIpc) is 2.38. The Morgan fingerprint density at radius 2 is 1.95 bits per heavy atom. The van der Waals surface area contributed by atoms with Gasteiger partial charge in [-0.25, -0.2) is 0 Å². The van der Waals surface area contributed by atoms with Crippen LogP contribution in [0.5, 0.6) is 5.75 Å². The number of hydrogen-bond donors (Lipinski definition) is 1. The van der Waals surface area contributed by atoms with Crippen LogP contribution in [0.15, 0.2) is 36.4 Å². The van der Waals surface area contributed by atoms with E-state index in [1.807, 2.05) is 43.3 Å². The Kier molecular flexibility index (Phi) is 4.02. The molecule has 4 nitrogen and oxygen atoms in total. The lowest BCUT2D eigenvalue weighted by Crippen LogP contribution is -2.55. The van der Waals surface area contributed by atoms with Gasteiger partial charge in [0.25, 0.3) is 0 Å². The van der Waals surface area contributed by atoms with Crippen molar-refractivity contribution in [2.45, 2.75) is 19.4 Å². The van der Waals surface area contributed by atoms with E-state index >= 15 is 0 Å². The summed E-state index contributed by atoms with van der Waals surface area (Å²) in [7, 11) is 0. The second-order valence-corrected chi connectivity index (χ2v) is 4.40. The highest BCUT2D eigenvalue weighted by atomic mass is 16.5. The molecular formula is C15H17NO3. The maximum atomic E-state index is 10.7. The first-order valence-electron chi connectivity index (χ1n) is 6.30. The van der Waals surface area contributed by atoms with Gasteiger partial charge >= 0.3 is 0 Å². The molecule has 2 rings (SSSR count). The molecule has 0 spiro atoms. The Hall–Kier alpha value is -2.07. The van der Waals surface area contributed by atoms with Crippen LogP contribution in [-0.2, 0) is 4.79 Å². The first kappa shape index (κ1) is 13.4. The standard InChI is InChI=1S/C15H17NO3/c1-2-19-14-8-7-11(13(16)9-15(17)18)10-5-3-4-6-12(10)14/h3-8,13H,2,9,16H2,1H3,(H,17,18). The maximum absolute atomic E-state index is 10.7. The third kappa shape index (κ3) is 2.85. The second-order valence-electron chi connectivity index (χ2n) is 4.40. The second kappa shape index (κ2) is 5.71. The smallest absolute Gasteiger partial charge is 0.127 e. The van der Waals surface area contributed by atoms with E-state index in [0.29, 0.717) is 6.61 Å². The molecule has 19 heavy (non-hydrogen) atoms. The SMILES string of the molecule is CCOc1ccc(C([NH3+])CC(=O)[O-])c2ccccc12. The van der Waals surface area contributed by atoms with Crippen LogP contribution in [0.3, 0.4) is 0 Å². The van der Waals surface area contributed by atoms with E-state index in [1.165, 1.54) is 0 Å². The monoisotopic (exact) mass is 259 g/mol. The summed E-state index contributed by atoms with van der Waals surface area (Å²) in [5.74, 6) is -0.277. The molecule has 1 unspecified atom stereocenters. The summed E-state index contributed by atoms with van der Waals surface area (Å²) in [6, 6.07) is 11.2. The molecule has 3 N–H and O–H groups in total. The predicted octanol–water partition coefficient (Wildman–Crippen LogP) is 0.662. The minimum absolute atomic E-state index is 0.0853. The van der Waals surface area contributed by atoms with E-state index in [4.69, 9.17) is 4.74 Å². The van der Waals surface area contributed by atoms with Gasteiger partial charge in [-0.3, -0.25) is 0 Å². The minimum atomic E-state index is -1.09. The normalized spacial score (nSPS) is 12.3. The topological polar surface area (TPSA) is 77.0 Å². The molecule has 0 radical (unpaired) electrons. The van der Waals surface area contributed by atoms with Crippen molar-refractivity contribution in [3.8, 4) is 5.75 Å². The molecule has 0 saturated carbocycles. The minimum Gasteiger partial charge on any atom is -0.550 e. The molecule has 0 aliphatic rings. The van der Waals surface area contributed by atoms with Gasteiger partial charge in [0.2, 0.25) is 0 Å². The van der Waals surface area contributed by atoms with Crippen molar-refractivity contribution in [1.29, 1.82) is 0 Å². The van der Waals surface area contributed by atoms with Gasteiger partial charge in [0.15, 0.2) is 0 Å². The zero-order chi connectivity index (χ0) is 13.8. The van der Waals surface area contributed by atoms with E-state index in [-0.39, 0.29) is 12.5 Å². The Bertz CT molecular complexity index is 595. The lowest BCUT2D eigenvalue weighted by Gasteiger charge is -2.15. The fourth-order valence-electron chi connectivity index (χ4n) is 2.24. The molecule has 100 valence electrons. The molecule has 2 aromatic carbocycles. The van der Waals surface area contributed by atoms with Crippen LogP contribution < -0.4 is 15.6 Å². The van der Waals surface area contributed by atoms with Gasteiger partial charge in [-0.05, 0) is 24.4 Å². The summed E-state index contributed by atoms with van der Waals surface area (Å²) in [6.45, 7) is 2.53. The van der Waals surface area contributed by atoms with Gasteiger partial charge in [-0.1, -0.05) is 24.3 Å². The number of aliphatic carboxylic acids is 1. The summed E-state index contributed by atoms with van der Waals surface area (Å²) < 4.78 is 5.59. The van der Waals surface area contributed by atoms with E-state index < -0.39 is 5.97 Å². The van der Waals surface area contributed by atoms with Gasteiger partial charge in [-0.2, -0.15) is 0 Å². The van der Waals surface area contributed by atoms with E-state index in [9.17, 15) is 9.90 Å². The van der Waals surface area contributed by atoms with Crippen molar-refractivity contribution in [2.24, 2.45) is 0 Å². The number of carbonyl (C=O) groups is 1. The highest BCUT2D eigenvalue weighted by Crippen LogP contribution is 2.31. The quantitative estimate of drug-likeness (QED) is 0.857. The first-order valence-corrected chi connectivity index (χ1v) is 6.30. The molecule has 0 saturated heterocycles. The fraction of sp³-hybridized carbons (Fsp3) is 0.267. The largest absolute Gasteiger partial charge is 0.550 e. The van der Waals surface area contributed by atoms with Crippen LogP contribution in [0.4, 0.5) is 0 Å². The van der Waals surface area contributed by atoms with Crippen molar-refractivity contribution in [3.05, 3.63) is 42.0 Å². The van der Waals surface area contributed by atoms with Gasteiger partial charge < -0.3 is 20.4 Å². The number of benzene rings is 2. The molecule has 0 aliphatic heterocycles. The molecule has 0 amide bonds. The molecular weight excluding hydrogens is 242 g/mol. The van der Waals surface area contributed by atoms with Crippen molar-refractivity contribution in [3.63, 3.8) is 0 Å². The van der Waals surface area contributed by atoms with Crippen LogP contribution in [0.1, 0.15) is 24.9 Å². The summed E-state index contributed by atoms with van der Waals surface area (Å²) >= 11 is 0. The number of carbonyl (C=O) groups excluding carboxylic acids is 1.